The molecule has 0 heterocycles. The van der Waals surface area contributed by atoms with Crippen molar-refractivity contribution in [1.82, 2.24) is 0 Å². The van der Waals surface area contributed by atoms with Crippen LogP contribution >= 0.6 is 52.6 Å². The van der Waals surface area contributed by atoms with Crippen LogP contribution in [0.5, 0.6) is 0 Å². The maximum atomic E-state index is 15.0. The van der Waals surface area contributed by atoms with E-state index >= 15 is 0 Å². The summed E-state index contributed by atoms with van der Waals surface area (Å²) >= 11 is 5.85. The van der Waals surface area contributed by atoms with Gasteiger partial charge in [-0.3, -0.25) is 0 Å². The molecule has 0 aliphatic heterocycles. The topological polar surface area (TPSA) is 17.1 Å². The van der Waals surface area contributed by atoms with Crippen LogP contribution in [0, 0.1) is 0 Å². The summed E-state index contributed by atoms with van der Waals surface area (Å²) in [6.07, 6.45) is 1.17. The molecule has 0 amide bonds. The first kappa shape index (κ1) is 35.9. The summed E-state index contributed by atoms with van der Waals surface area (Å²) in [4.78, 5) is 15.0. The van der Waals surface area contributed by atoms with Gasteiger partial charge in [0.15, 0.2) is 0 Å². The first-order chi connectivity index (χ1) is 24.9. The van der Waals surface area contributed by atoms with E-state index in [4.69, 9.17) is 0 Å². The van der Waals surface area contributed by atoms with Crippen LogP contribution in [0.3, 0.4) is 0 Å². The molecule has 254 valence electrons. The molecule has 0 aliphatic carbocycles. The third-order valence-corrected chi connectivity index (χ3v) is 35.2. The summed E-state index contributed by atoms with van der Waals surface area (Å²) in [6, 6.07) is 76.6. The second-order valence-corrected chi connectivity index (χ2v) is 34.2. The zero-order chi connectivity index (χ0) is 35.3. The fourth-order valence-corrected chi connectivity index (χ4v) is 30.3. The molecule has 1 unspecified atom stereocenters. The van der Waals surface area contributed by atoms with E-state index < -0.39 is 8.49 Å². The van der Waals surface area contributed by atoms with Gasteiger partial charge in [0.1, 0.15) is 0 Å². The van der Waals surface area contributed by atoms with Gasteiger partial charge in [0.25, 0.3) is 0 Å². The van der Waals surface area contributed by atoms with Gasteiger partial charge in [-0.2, -0.15) is 0 Å². The molecule has 7 rings (SSSR count). The second kappa shape index (κ2) is 14.9. The van der Waals surface area contributed by atoms with Crippen LogP contribution < -0.4 is 31.8 Å². The maximum absolute atomic E-state index is 15.0. The molecule has 1 nitrogen and oxygen atoms in total. The number of hydrogen-bond acceptors (Lipinski definition) is 1. The molecular formula is C46H40I2OP2. The molecule has 0 aliphatic rings. The molecule has 5 heteroatoms. The van der Waals surface area contributed by atoms with Gasteiger partial charge < -0.3 is 0 Å². The van der Waals surface area contributed by atoms with Crippen molar-refractivity contribution in [3.8, 4) is 0 Å². The Hall–Kier alpha value is -3.47. The van der Waals surface area contributed by atoms with Crippen molar-refractivity contribution in [2.75, 3.05) is 6.16 Å². The van der Waals surface area contributed by atoms with Crippen molar-refractivity contribution in [3.05, 3.63) is 218 Å². The SMILES string of the molecule is O=C(CC(CP(I)(c1ccccc1)(c1ccccc1)c1ccccc1)P(I)(c1ccccc1)(c1ccccc1)c1ccccc1)c1ccccc1. The third-order valence-electron chi connectivity index (χ3n) is 10.4. The number of hydrogen-bond donors (Lipinski definition) is 0. The molecule has 0 bridgehead atoms. The Morgan fingerprint density at radius 2 is 0.647 bits per heavy atom. The van der Waals surface area contributed by atoms with Crippen LogP contribution in [0.15, 0.2) is 212 Å². The molecule has 7 aromatic rings. The zero-order valence-electron chi connectivity index (χ0n) is 28.3. The van der Waals surface area contributed by atoms with Crippen molar-refractivity contribution in [2.24, 2.45) is 0 Å². The summed E-state index contributed by atoms with van der Waals surface area (Å²) in [5.41, 5.74) is 0.651. The predicted molar refractivity (Wildman–Crippen MR) is 242 cm³/mol. The first-order valence-electron chi connectivity index (χ1n) is 17.3. The Balaban J connectivity index is 1.66. The number of Topliss-reactive ketones (excluding diaryl/α,β-unsaturated/α-hetero) is 1. The summed E-state index contributed by atoms with van der Waals surface area (Å²) in [6.45, 7) is 0. The van der Waals surface area contributed by atoms with E-state index in [0.717, 1.165) is 11.7 Å². The van der Waals surface area contributed by atoms with Gasteiger partial charge >= 0.3 is 331 Å². The van der Waals surface area contributed by atoms with Crippen LogP contribution in [-0.2, 0) is 0 Å². The van der Waals surface area contributed by atoms with Gasteiger partial charge in [0.2, 0.25) is 0 Å². The van der Waals surface area contributed by atoms with Gasteiger partial charge in [-0.05, 0) is 0 Å². The van der Waals surface area contributed by atoms with Crippen LogP contribution in [0.4, 0.5) is 0 Å². The summed E-state index contributed by atoms with van der Waals surface area (Å²) in [5, 5.41) is 7.78. The summed E-state index contributed by atoms with van der Waals surface area (Å²) in [5.74, 6) is 0.171. The molecule has 0 N–H and O–H groups in total. The normalized spacial score (nSPS) is 13.9. The van der Waals surface area contributed by atoms with Crippen LogP contribution in [0.1, 0.15) is 16.8 Å². The molecule has 0 aromatic heterocycles. The number of ketones is 1. The minimum absolute atomic E-state index is 0.105. The first-order valence-corrected chi connectivity index (χ1v) is 27.6. The molecule has 0 saturated carbocycles. The van der Waals surface area contributed by atoms with Crippen molar-refractivity contribution in [3.63, 3.8) is 0 Å². The molecule has 51 heavy (non-hydrogen) atoms. The van der Waals surface area contributed by atoms with E-state index in [9.17, 15) is 4.79 Å². The Kier molecular flexibility index (Phi) is 10.5. The number of halogens is 2. The zero-order valence-corrected chi connectivity index (χ0v) is 34.4. The summed E-state index contributed by atoms with van der Waals surface area (Å²) < 4.78 is -6.98. The Morgan fingerprint density at radius 1 is 0.392 bits per heavy atom. The van der Waals surface area contributed by atoms with Gasteiger partial charge in [0.05, 0.1) is 0 Å². The predicted octanol–water partition coefficient (Wildman–Crippen LogP) is 10.4. The van der Waals surface area contributed by atoms with E-state index in [1.54, 1.807) is 0 Å². The molecule has 0 saturated heterocycles. The monoisotopic (exact) mass is 924 g/mol. The minimum atomic E-state index is -3.58. The average molecular weight is 925 g/mol. The number of rotatable bonds is 12. The van der Waals surface area contributed by atoms with Crippen molar-refractivity contribution in [1.29, 1.82) is 0 Å². The van der Waals surface area contributed by atoms with E-state index in [1.165, 1.54) is 31.8 Å². The van der Waals surface area contributed by atoms with Crippen LogP contribution in [0.25, 0.3) is 0 Å². The fourth-order valence-electron chi connectivity index (χ4n) is 7.96. The summed E-state index contributed by atoms with van der Waals surface area (Å²) in [7, 11) is 0. The van der Waals surface area contributed by atoms with Gasteiger partial charge in [-0.15, -0.1) is 0 Å². The van der Waals surface area contributed by atoms with E-state index in [2.05, 4.69) is 226 Å². The number of carbonyl (C=O) groups excluding carboxylic acids is 1. The molecule has 7 aromatic carbocycles. The van der Waals surface area contributed by atoms with E-state index in [0.29, 0.717) is 6.42 Å². The van der Waals surface area contributed by atoms with Gasteiger partial charge in [0, 0.05) is 0 Å². The van der Waals surface area contributed by atoms with Crippen molar-refractivity contribution >= 4 is 90.2 Å². The Bertz CT molecular complexity index is 2000. The third kappa shape index (κ3) is 6.15. The van der Waals surface area contributed by atoms with E-state index in [-0.39, 0.29) is 11.4 Å². The van der Waals surface area contributed by atoms with Crippen molar-refractivity contribution < 1.29 is 4.79 Å². The molecule has 0 fully saturated rings. The van der Waals surface area contributed by atoms with Crippen molar-refractivity contribution in [2.45, 2.75) is 12.1 Å². The number of benzene rings is 7. The van der Waals surface area contributed by atoms with Crippen LogP contribution in [-0.4, -0.2) is 17.6 Å². The van der Waals surface area contributed by atoms with Gasteiger partial charge in [-0.1, -0.05) is 0 Å². The Labute approximate surface area is 328 Å². The van der Waals surface area contributed by atoms with E-state index in [1.807, 2.05) is 30.3 Å². The molecular weight excluding hydrogens is 884 g/mol. The molecule has 0 spiro atoms. The average Bonchev–Trinajstić information content (AvgIpc) is 3.22. The standard InChI is InChI=1S/C46H40I2OP2/c47-50(39-24-10-2-11-25-39,40-26-12-3-13-27-40,41-28-14-4-15-29-41)37-45(36-46(49)38-22-8-1-9-23-38)51(48,42-30-16-5-17-31-42,43-32-18-6-19-33-43)44-34-20-7-21-35-44/h1-35,45H,36-37H2. The van der Waals surface area contributed by atoms with Gasteiger partial charge in [-0.25, -0.2) is 0 Å². The molecule has 1 atom stereocenters. The Morgan fingerprint density at radius 3 is 0.941 bits per heavy atom. The van der Waals surface area contributed by atoms with Crippen LogP contribution in [0.2, 0.25) is 0 Å². The molecule has 0 radical (unpaired) electrons. The quantitative estimate of drug-likeness (QED) is 0.0678. The fraction of sp³-hybridized carbons (Fsp3) is 0.0652. The number of carbonyl (C=O) groups is 1. The second-order valence-electron chi connectivity index (χ2n) is 13.1.